The van der Waals surface area contributed by atoms with E-state index in [1.807, 2.05) is 17.8 Å². The van der Waals surface area contributed by atoms with Crippen molar-refractivity contribution >= 4 is 11.8 Å². The van der Waals surface area contributed by atoms with E-state index in [1.165, 1.54) is 12.0 Å². The third-order valence-electron chi connectivity index (χ3n) is 1.67. The van der Waals surface area contributed by atoms with Gasteiger partial charge in [0.25, 0.3) is 0 Å². The highest BCUT2D eigenvalue weighted by Crippen LogP contribution is 2.16. The molecule has 68 valence electrons. The van der Waals surface area contributed by atoms with Crippen molar-refractivity contribution in [1.29, 1.82) is 0 Å². The second-order valence-corrected chi connectivity index (χ2v) is 3.54. The van der Waals surface area contributed by atoms with Crippen LogP contribution in [0.5, 0.6) is 0 Å². The molecule has 0 atom stereocenters. The minimum absolute atomic E-state index is 0.834. The summed E-state index contributed by atoms with van der Waals surface area (Å²) in [6.45, 7) is 0. The van der Waals surface area contributed by atoms with Crippen LogP contribution in [0, 0.1) is 0 Å². The molecular weight excluding hydrogens is 186 g/mol. The Balaban J connectivity index is 1.97. The van der Waals surface area contributed by atoms with Crippen LogP contribution in [0.4, 0.5) is 0 Å². The van der Waals surface area contributed by atoms with Gasteiger partial charge in [0.15, 0.2) is 5.16 Å². The normalized spacial score (nSPS) is 10.5. The molecule has 0 fully saturated rings. The summed E-state index contributed by atoms with van der Waals surface area (Å²) in [5.74, 6) is 0.853. The molecule has 1 N–H and O–H groups in total. The van der Waals surface area contributed by atoms with Crippen LogP contribution in [0.2, 0.25) is 0 Å². The molecule has 0 spiro atoms. The molecule has 2 aromatic heterocycles. The van der Waals surface area contributed by atoms with Crippen molar-refractivity contribution in [2.75, 3.05) is 0 Å². The molecule has 6 heteroatoms. The van der Waals surface area contributed by atoms with E-state index in [4.69, 9.17) is 0 Å². The van der Waals surface area contributed by atoms with Crippen molar-refractivity contribution in [2.45, 2.75) is 10.9 Å². The third-order valence-corrected chi connectivity index (χ3v) is 2.58. The van der Waals surface area contributed by atoms with Crippen molar-refractivity contribution in [3.05, 3.63) is 24.5 Å². The number of rotatable bonds is 3. The van der Waals surface area contributed by atoms with Crippen molar-refractivity contribution in [2.24, 2.45) is 7.05 Å². The van der Waals surface area contributed by atoms with Gasteiger partial charge in [-0.05, 0) is 0 Å². The number of H-pyrrole nitrogens is 1. The van der Waals surface area contributed by atoms with E-state index in [0.29, 0.717) is 0 Å². The lowest BCUT2D eigenvalue weighted by atomic mass is 10.5. The van der Waals surface area contributed by atoms with Crippen molar-refractivity contribution in [3.63, 3.8) is 0 Å². The number of nitrogens with one attached hydrogen (secondary N) is 1. The molecule has 2 aromatic rings. The molecule has 0 aliphatic carbocycles. The molecule has 0 amide bonds. The number of hydrogen-bond donors (Lipinski definition) is 1. The highest BCUT2D eigenvalue weighted by atomic mass is 32.2. The van der Waals surface area contributed by atoms with Crippen LogP contribution in [0.15, 0.2) is 24.0 Å². The highest BCUT2D eigenvalue weighted by Gasteiger charge is 2.01. The summed E-state index contributed by atoms with van der Waals surface area (Å²) < 4.78 is 1.99. The van der Waals surface area contributed by atoms with E-state index >= 15 is 0 Å². The molecule has 0 aromatic carbocycles. The van der Waals surface area contributed by atoms with E-state index in [9.17, 15) is 0 Å². The quantitative estimate of drug-likeness (QED) is 0.737. The molecule has 0 aliphatic heterocycles. The Bertz CT molecular complexity index is 366. The predicted octanol–water partition coefficient (Wildman–Crippen LogP) is 0.830. The third kappa shape index (κ3) is 1.89. The summed E-state index contributed by atoms with van der Waals surface area (Å²) in [5.41, 5.74) is 1.17. The Hall–Kier alpha value is -1.30. The van der Waals surface area contributed by atoms with Gasteiger partial charge in [-0.1, -0.05) is 11.8 Å². The van der Waals surface area contributed by atoms with Crippen LogP contribution in [-0.2, 0) is 12.8 Å². The fraction of sp³-hybridized carbons (Fsp3) is 0.286. The van der Waals surface area contributed by atoms with Gasteiger partial charge in [-0.25, -0.2) is 9.97 Å². The zero-order valence-electron chi connectivity index (χ0n) is 7.14. The van der Waals surface area contributed by atoms with Crippen molar-refractivity contribution in [3.8, 4) is 0 Å². The molecule has 0 saturated carbocycles. The molecule has 0 aliphatic rings. The molecule has 13 heavy (non-hydrogen) atoms. The van der Waals surface area contributed by atoms with Crippen LogP contribution in [0.25, 0.3) is 0 Å². The molecule has 0 saturated heterocycles. The monoisotopic (exact) mass is 195 g/mol. The summed E-state index contributed by atoms with van der Waals surface area (Å²) >= 11 is 1.61. The Morgan fingerprint density at radius 3 is 3.15 bits per heavy atom. The number of thioether (sulfide) groups is 1. The fourth-order valence-corrected chi connectivity index (χ4v) is 1.73. The zero-order chi connectivity index (χ0) is 9.10. The fourth-order valence-electron chi connectivity index (χ4n) is 0.930. The minimum Gasteiger partial charge on any atom is -0.337 e. The first-order valence-corrected chi connectivity index (χ1v) is 4.78. The molecular formula is C7H9N5S. The number of aromatic amines is 1. The first-order valence-electron chi connectivity index (χ1n) is 3.79. The van der Waals surface area contributed by atoms with Crippen LogP contribution in [-0.4, -0.2) is 24.7 Å². The van der Waals surface area contributed by atoms with E-state index in [0.717, 1.165) is 10.9 Å². The largest absolute Gasteiger partial charge is 0.337 e. The van der Waals surface area contributed by atoms with Gasteiger partial charge in [0, 0.05) is 24.7 Å². The van der Waals surface area contributed by atoms with Crippen molar-refractivity contribution < 1.29 is 0 Å². The van der Waals surface area contributed by atoms with E-state index in [-0.39, 0.29) is 0 Å². The number of aromatic nitrogens is 5. The predicted molar refractivity (Wildman–Crippen MR) is 49.2 cm³/mol. The van der Waals surface area contributed by atoms with Crippen LogP contribution in [0.3, 0.4) is 0 Å². The van der Waals surface area contributed by atoms with Crippen LogP contribution in [0.1, 0.15) is 5.69 Å². The summed E-state index contributed by atoms with van der Waals surface area (Å²) in [5, 5.41) is 7.39. The Morgan fingerprint density at radius 2 is 2.54 bits per heavy atom. The second kappa shape index (κ2) is 3.61. The van der Waals surface area contributed by atoms with E-state index in [2.05, 4.69) is 20.2 Å². The molecule has 0 radical (unpaired) electrons. The number of nitrogens with zero attached hydrogens (tertiary/aromatic N) is 4. The molecule has 2 rings (SSSR count). The SMILES string of the molecule is Cn1cncc1CSc1ncn[nH]1. The summed E-state index contributed by atoms with van der Waals surface area (Å²) in [6, 6.07) is 0. The maximum Gasteiger partial charge on any atom is 0.183 e. The standard InChI is InChI=1S/C7H9N5S/c1-12-5-8-2-6(12)3-13-7-9-4-10-11-7/h2,4-5H,3H2,1H3,(H,9,10,11). The number of imidazole rings is 1. The van der Waals surface area contributed by atoms with Crippen LogP contribution >= 0.6 is 11.8 Å². The highest BCUT2D eigenvalue weighted by molar-refractivity contribution is 7.98. The first-order chi connectivity index (χ1) is 6.36. The molecule has 2 heterocycles. The number of hydrogen-bond acceptors (Lipinski definition) is 4. The maximum atomic E-state index is 4.03. The maximum absolute atomic E-state index is 4.03. The topological polar surface area (TPSA) is 59.4 Å². The van der Waals surface area contributed by atoms with E-state index in [1.54, 1.807) is 18.1 Å². The van der Waals surface area contributed by atoms with Gasteiger partial charge in [-0.3, -0.25) is 5.10 Å². The van der Waals surface area contributed by atoms with Gasteiger partial charge in [-0.2, -0.15) is 5.10 Å². The van der Waals surface area contributed by atoms with E-state index < -0.39 is 0 Å². The van der Waals surface area contributed by atoms with Gasteiger partial charge >= 0.3 is 0 Å². The molecule has 5 nitrogen and oxygen atoms in total. The van der Waals surface area contributed by atoms with Gasteiger partial charge in [0.1, 0.15) is 6.33 Å². The molecule has 0 bridgehead atoms. The number of aryl methyl sites for hydroxylation is 1. The second-order valence-electron chi connectivity index (χ2n) is 2.58. The summed E-state index contributed by atoms with van der Waals surface area (Å²) in [6.07, 6.45) is 5.14. The zero-order valence-corrected chi connectivity index (χ0v) is 7.95. The summed E-state index contributed by atoms with van der Waals surface area (Å²) in [4.78, 5) is 8.04. The van der Waals surface area contributed by atoms with Crippen LogP contribution < -0.4 is 0 Å². The lowest BCUT2D eigenvalue weighted by Gasteiger charge is -1.98. The first kappa shape index (κ1) is 8.31. The lowest BCUT2D eigenvalue weighted by Crippen LogP contribution is -1.92. The van der Waals surface area contributed by atoms with Crippen molar-refractivity contribution in [1.82, 2.24) is 24.7 Å². The average molecular weight is 195 g/mol. The van der Waals surface area contributed by atoms with Gasteiger partial charge in [0.05, 0.1) is 6.33 Å². The Labute approximate surface area is 79.6 Å². The lowest BCUT2D eigenvalue weighted by molar-refractivity contribution is 0.865. The summed E-state index contributed by atoms with van der Waals surface area (Å²) in [7, 11) is 1.98. The average Bonchev–Trinajstić information content (AvgIpc) is 2.72. The van der Waals surface area contributed by atoms with Gasteiger partial charge in [0.2, 0.25) is 0 Å². The Kier molecular flexibility index (Phi) is 2.31. The smallest absolute Gasteiger partial charge is 0.183 e. The minimum atomic E-state index is 0.834. The Morgan fingerprint density at radius 1 is 1.62 bits per heavy atom. The van der Waals surface area contributed by atoms with Gasteiger partial charge in [-0.15, -0.1) is 0 Å². The molecule has 0 unspecified atom stereocenters. The van der Waals surface area contributed by atoms with Gasteiger partial charge < -0.3 is 4.57 Å².